The fourth-order valence-corrected chi connectivity index (χ4v) is 19.2. The lowest BCUT2D eigenvalue weighted by atomic mass is 9.33. The summed E-state index contributed by atoms with van der Waals surface area (Å²) in [5, 5.41) is 27.6. The van der Waals surface area contributed by atoms with E-state index >= 15 is 0 Å². The highest BCUT2D eigenvalue weighted by molar-refractivity contribution is 7.00. The summed E-state index contributed by atoms with van der Waals surface area (Å²) < 4.78 is 7.11. The van der Waals surface area contributed by atoms with Gasteiger partial charge in [-0.2, -0.15) is 10.5 Å². The van der Waals surface area contributed by atoms with Crippen molar-refractivity contribution in [2.45, 2.75) is 12.8 Å². The smallest absolute Gasteiger partial charge is 0.252 e. The molecule has 0 bridgehead atoms. The first kappa shape index (κ1) is 67.7. The van der Waals surface area contributed by atoms with Gasteiger partial charge in [0.25, 0.3) is 6.71 Å². The quantitative estimate of drug-likeness (QED) is 0.0903. The molecule has 2 aliphatic carbocycles. The molecule has 2 aliphatic heterocycles. The zero-order chi connectivity index (χ0) is 78.1. The van der Waals surface area contributed by atoms with Crippen LogP contribution in [0.1, 0.15) is 39.9 Å². The van der Waals surface area contributed by atoms with Gasteiger partial charge in [-0.3, -0.25) is 0 Å². The van der Waals surface area contributed by atoms with Gasteiger partial charge in [-0.1, -0.05) is 267 Å². The lowest BCUT2D eigenvalue weighted by Crippen LogP contribution is -2.61. The molecule has 23 rings (SSSR count). The topological polar surface area (TPSA) is 68.8 Å². The third kappa shape index (κ3) is 10.8. The molecule has 0 spiro atoms. The van der Waals surface area contributed by atoms with Crippen molar-refractivity contribution in [3.05, 3.63) is 427 Å². The molecule has 7 nitrogen and oxygen atoms in total. The van der Waals surface area contributed by atoms with E-state index in [1.54, 1.807) is 0 Å². The number of para-hydroxylation sites is 4. The minimum Gasteiger partial charge on any atom is -0.312 e. The van der Waals surface area contributed by atoms with Gasteiger partial charge in [0, 0.05) is 94.6 Å². The van der Waals surface area contributed by atoms with Crippen molar-refractivity contribution in [1.82, 2.24) is 13.7 Å². The highest BCUT2D eigenvalue weighted by atomic mass is 15.2. The number of anilines is 6. The van der Waals surface area contributed by atoms with Crippen molar-refractivity contribution in [3.63, 3.8) is 0 Å². The van der Waals surface area contributed by atoms with E-state index in [1.165, 1.54) is 33.0 Å². The Morgan fingerprint density at radius 3 is 1.24 bits per heavy atom. The summed E-state index contributed by atoms with van der Waals surface area (Å²) in [4.78, 5) is 5.06. The molecule has 0 unspecified atom stereocenters. The van der Waals surface area contributed by atoms with E-state index in [2.05, 4.69) is 411 Å². The van der Waals surface area contributed by atoms with Gasteiger partial charge < -0.3 is 23.5 Å². The predicted molar refractivity (Wildman–Crippen MR) is 490 cm³/mol. The largest absolute Gasteiger partial charge is 0.312 e. The van der Waals surface area contributed by atoms with E-state index in [-0.39, 0.29) is 6.71 Å². The van der Waals surface area contributed by atoms with Gasteiger partial charge in [-0.15, -0.1) is 0 Å². The van der Waals surface area contributed by atoms with Gasteiger partial charge >= 0.3 is 0 Å². The summed E-state index contributed by atoms with van der Waals surface area (Å²) in [6.07, 6.45) is 8.54. The van der Waals surface area contributed by atoms with Crippen LogP contribution in [0, 0.1) is 22.7 Å². The molecule has 0 saturated heterocycles. The molecule has 5 heterocycles. The van der Waals surface area contributed by atoms with Crippen LogP contribution in [0.25, 0.3) is 144 Å². The van der Waals surface area contributed by atoms with E-state index in [0.29, 0.717) is 11.1 Å². The van der Waals surface area contributed by atoms with Gasteiger partial charge in [0.15, 0.2) is 0 Å². The van der Waals surface area contributed by atoms with Gasteiger partial charge in [0.1, 0.15) is 5.70 Å². The average Bonchev–Trinajstić information content (AvgIpc) is 0.908. The molecule has 0 saturated carbocycles. The number of benzene rings is 16. The number of fused-ring (bicyclic) bond motifs is 13. The summed E-state index contributed by atoms with van der Waals surface area (Å²) in [6.45, 7) is -0.201. The number of rotatable bonds is 12. The Hall–Kier alpha value is -15.9. The number of allylic oxidation sites excluding steroid dienone is 5. The van der Waals surface area contributed by atoms with Crippen LogP contribution in [0.5, 0.6) is 0 Å². The van der Waals surface area contributed by atoms with Crippen LogP contribution in [0.4, 0.5) is 34.1 Å². The summed E-state index contributed by atoms with van der Waals surface area (Å²) in [6, 6.07) is 139. The maximum atomic E-state index is 11.2. The summed E-state index contributed by atoms with van der Waals surface area (Å²) in [5.41, 5.74) is 43.7. The highest BCUT2D eigenvalue weighted by Gasteiger charge is 2.44. The molecule has 3 aromatic heterocycles. The first-order valence-corrected chi connectivity index (χ1v) is 40.3. The molecule has 16 aromatic carbocycles. The van der Waals surface area contributed by atoms with E-state index < -0.39 is 0 Å². The Kier molecular flexibility index (Phi) is 15.8. The molecular weight excluding hydrogens is 1430 g/mol. The molecule has 118 heavy (non-hydrogen) atoms. The molecule has 8 heteroatoms. The number of hydrogen-bond donors (Lipinski definition) is 0. The van der Waals surface area contributed by atoms with Crippen LogP contribution < -0.4 is 26.2 Å². The first-order valence-electron chi connectivity index (χ1n) is 40.3. The molecule has 0 N–H and O–H groups in total. The maximum absolute atomic E-state index is 11.2. The van der Waals surface area contributed by atoms with E-state index in [9.17, 15) is 10.5 Å². The predicted octanol–water partition coefficient (Wildman–Crippen LogP) is 25.7. The number of nitrogens with zero attached hydrogens (tertiary/aromatic N) is 7. The lowest BCUT2D eigenvalue weighted by Gasteiger charge is -2.44. The Morgan fingerprint density at radius 1 is 0.305 bits per heavy atom. The molecule has 0 atom stereocenters. The van der Waals surface area contributed by atoms with Crippen molar-refractivity contribution < 1.29 is 0 Å². The third-order valence-electron chi connectivity index (χ3n) is 24.6. The van der Waals surface area contributed by atoms with Crippen molar-refractivity contribution in [2.24, 2.45) is 0 Å². The highest BCUT2D eigenvalue weighted by Crippen LogP contribution is 2.51. The second kappa shape index (κ2) is 27.4. The van der Waals surface area contributed by atoms with Gasteiger partial charge in [0.05, 0.1) is 62.2 Å². The SMILES string of the molecule is N#Cc1ccc(-n2c3c(c4ccccc42)C=CCC3)c(C2=C=C=C(n3c4ccccc4c4cc(-c5cc6c7c(c5)N(c5ccc(-c8ccccc8)cc5)c5ccc(-c8ccccc8)cc5B7c5cc(-c7ccccc7)ccc5N6c5ccc(-c6ccccc6)cc5)ccc43)C(c3cc(C#N)ccc3-n3c4ccccc4c4ccccc43)=C2)c1. The monoisotopic (exact) mass is 1500 g/mol. The normalized spacial score (nSPS) is 13.1. The van der Waals surface area contributed by atoms with E-state index in [4.69, 9.17) is 0 Å². The Balaban J connectivity index is 0.778. The van der Waals surface area contributed by atoms with Crippen LogP contribution in [-0.4, -0.2) is 20.4 Å². The minimum absolute atomic E-state index is 0.201. The van der Waals surface area contributed by atoms with Crippen molar-refractivity contribution in [3.8, 4) is 79.1 Å². The number of aromatic nitrogens is 3. The average molecular weight is 1500 g/mol. The molecule has 546 valence electrons. The van der Waals surface area contributed by atoms with Crippen LogP contribution in [0.3, 0.4) is 0 Å². The van der Waals surface area contributed by atoms with Crippen LogP contribution in [0.2, 0.25) is 0 Å². The lowest BCUT2D eigenvalue weighted by molar-refractivity contribution is 0.887. The third-order valence-corrected chi connectivity index (χ3v) is 24.6. The summed E-state index contributed by atoms with van der Waals surface area (Å²) in [7, 11) is 0. The standard InChI is InChI=1S/C110H68BN7/c112-69-71-41-55-102(116-97-36-18-13-31-86(97)87-32-14-19-37-98(87)116)91(61-71)82-50-58-105(94(64-82)92-62-72(70-113)42-56-103(92)117-99-38-20-15-33-88(99)89-34-16-21-39-100(89)117)118-101-40-22-17-35-90(101)93-63-79(47-57-104(93)118)83-67-108-110-109(68-83)115(85-53-45-78(46-54-85)74-25-7-2-8-26-74)107-60-49-81(76-29-11-4-12-30-76)66-96(107)111(110)95-65-80(75-27-9-3-10-28-75)48-59-106(95)114(108)84-51-43-77(44-52-84)73-23-5-1-6-24-73/h1-18,20-36,38-49,51-57,59-68H,19,37H2. The Bertz CT molecular complexity index is 7450. The molecule has 0 radical (unpaired) electrons. The van der Waals surface area contributed by atoms with Gasteiger partial charge in [-0.25, -0.2) is 0 Å². The maximum Gasteiger partial charge on any atom is 0.252 e. The Morgan fingerprint density at radius 2 is 0.712 bits per heavy atom. The Labute approximate surface area is 683 Å². The minimum atomic E-state index is -0.201. The second-order valence-corrected chi connectivity index (χ2v) is 31.0. The van der Waals surface area contributed by atoms with Gasteiger partial charge in [-0.05, 0) is 218 Å². The number of hydrogen-bond acceptors (Lipinski definition) is 4. The fraction of sp³-hybridized carbons (Fsp3) is 0.0182. The van der Waals surface area contributed by atoms with E-state index in [0.717, 1.165) is 191 Å². The number of nitriles is 2. The fourth-order valence-electron chi connectivity index (χ4n) is 19.2. The second-order valence-electron chi connectivity index (χ2n) is 31.0. The molecular formula is C110H68BN7. The first-order chi connectivity index (χ1) is 58.4. The molecule has 4 aliphatic rings. The van der Waals surface area contributed by atoms with Crippen molar-refractivity contribution in [1.29, 1.82) is 10.5 Å². The van der Waals surface area contributed by atoms with Crippen LogP contribution in [-0.2, 0) is 6.42 Å². The zero-order valence-corrected chi connectivity index (χ0v) is 64.1. The molecule has 0 amide bonds. The van der Waals surface area contributed by atoms with Crippen LogP contribution >= 0.6 is 0 Å². The summed E-state index contributed by atoms with van der Waals surface area (Å²) >= 11 is 0. The zero-order valence-electron chi connectivity index (χ0n) is 64.1. The van der Waals surface area contributed by atoms with E-state index in [1.807, 2.05) is 24.3 Å². The van der Waals surface area contributed by atoms with Gasteiger partial charge in [0.2, 0.25) is 0 Å². The van der Waals surface area contributed by atoms with Crippen molar-refractivity contribution in [2.75, 3.05) is 9.80 Å². The molecule has 0 fully saturated rings. The van der Waals surface area contributed by atoms with Crippen LogP contribution in [0.15, 0.2) is 394 Å². The summed E-state index contributed by atoms with van der Waals surface area (Å²) in [5.74, 6) is 0. The molecule has 19 aromatic rings. The van der Waals surface area contributed by atoms with Crippen molar-refractivity contribution >= 4 is 135 Å².